The summed E-state index contributed by atoms with van der Waals surface area (Å²) >= 11 is 0. The molecule has 196 valence electrons. The molecule has 0 aromatic heterocycles. The van der Waals surface area contributed by atoms with E-state index in [-0.39, 0.29) is 5.69 Å². The third-order valence-corrected chi connectivity index (χ3v) is 8.90. The minimum absolute atomic E-state index is 0.0328. The van der Waals surface area contributed by atoms with Gasteiger partial charge in [-0.1, -0.05) is 78.9 Å². The number of hydrazone groups is 1. The first kappa shape index (κ1) is 26.9. The van der Waals surface area contributed by atoms with Crippen LogP contribution in [0.3, 0.4) is 0 Å². The number of nitrogens with zero attached hydrogens (tertiary/aromatic N) is 3. The van der Waals surface area contributed by atoms with Gasteiger partial charge in [0.05, 0.1) is 27.8 Å². The van der Waals surface area contributed by atoms with Gasteiger partial charge >= 0.3 is 0 Å². The molecule has 0 saturated heterocycles. The molecule has 0 aliphatic heterocycles. The zero-order valence-corrected chi connectivity index (χ0v) is 21.2. The molecule has 4 aromatic rings. The second-order valence-corrected chi connectivity index (χ2v) is 11.2. The van der Waals surface area contributed by atoms with Crippen molar-refractivity contribution in [2.24, 2.45) is 5.10 Å². The fourth-order valence-electron chi connectivity index (χ4n) is 3.85. The monoisotopic (exact) mass is 543 g/mol. The molecule has 39 heavy (non-hydrogen) atoms. The number of rotatable bonds is 10. The number of nitro benzene ring substituents is 2. The van der Waals surface area contributed by atoms with Crippen LogP contribution in [-0.2, 0) is 4.57 Å². The fourth-order valence-corrected chi connectivity index (χ4v) is 6.58. The summed E-state index contributed by atoms with van der Waals surface area (Å²) in [7, 11) is -3.62. The molecule has 12 heteroatoms. The quantitative estimate of drug-likeness (QED) is 0.127. The minimum Gasteiger partial charge on any atom is -0.337 e. The number of non-ortho nitro benzene ring substituents is 2. The standard InChI is InChI=1S/C27H22N5O6P/c33-27(20-10-4-1-5-11-20)29-26(19-28-30-21-16-22(31(34)35)18-23(17-21)32(36)37)39(38,24-12-6-2-7-13-24)25-14-8-3-9-15-25/h1-19,26,30H,(H,29,33)/b28-19+. The van der Waals surface area contributed by atoms with E-state index < -0.39 is 40.1 Å². The predicted octanol–water partition coefficient (Wildman–Crippen LogP) is 4.67. The molecule has 4 aromatic carbocycles. The van der Waals surface area contributed by atoms with Crippen LogP contribution in [0.2, 0.25) is 0 Å². The maximum Gasteiger partial charge on any atom is 0.278 e. The molecule has 0 heterocycles. The summed E-state index contributed by atoms with van der Waals surface area (Å²) in [6, 6.07) is 28.6. The van der Waals surface area contributed by atoms with Crippen LogP contribution in [0.15, 0.2) is 114 Å². The van der Waals surface area contributed by atoms with Crippen molar-refractivity contribution in [3.8, 4) is 0 Å². The van der Waals surface area contributed by atoms with Crippen molar-refractivity contribution in [2.75, 3.05) is 5.43 Å². The van der Waals surface area contributed by atoms with Crippen LogP contribution in [0.25, 0.3) is 0 Å². The zero-order valence-electron chi connectivity index (χ0n) is 20.3. The molecule has 0 spiro atoms. The first-order valence-corrected chi connectivity index (χ1v) is 13.4. The first-order valence-electron chi connectivity index (χ1n) is 11.6. The second-order valence-electron chi connectivity index (χ2n) is 8.26. The Balaban J connectivity index is 1.77. The maximum absolute atomic E-state index is 14.9. The molecule has 11 nitrogen and oxygen atoms in total. The number of amides is 1. The fraction of sp³-hybridized carbons (Fsp3) is 0.0370. The normalized spacial score (nSPS) is 12.0. The van der Waals surface area contributed by atoms with Gasteiger partial charge < -0.3 is 9.88 Å². The number of carbonyl (C=O) groups excluding carboxylic acids is 1. The largest absolute Gasteiger partial charge is 0.337 e. The maximum atomic E-state index is 14.9. The Morgan fingerprint density at radius 3 is 1.69 bits per heavy atom. The van der Waals surface area contributed by atoms with Gasteiger partial charge in [0.2, 0.25) is 0 Å². The van der Waals surface area contributed by atoms with Crippen molar-refractivity contribution < 1.29 is 19.2 Å². The van der Waals surface area contributed by atoms with Gasteiger partial charge in [0.15, 0.2) is 7.14 Å². The van der Waals surface area contributed by atoms with Crippen molar-refractivity contribution in [2.45, 2.75) is 5.78 Å². The number of anilines is 1. The summed E-state index contributed by atoms with van der Waals surface area (Å²) in [6.07, 6.45) is 1.23. The lowest BCUT2D eigenvalue weighted by Gasteiger charge is -2.27. The minimum atomic E-state index is -3.62. The molecule has 0 radical (unpaired) electrons. The molecule has 1 unspecified atom stereocenters. The molecule has 0 fully saturated rings. The van der Waals surface area contributed by atoms with Gasteiger partial charge in [0, 0.05) is 28.3 Å². The third-order valence-electron chi connectivity index (χ3n) is 5.72. The lowest BCUT2D eigenvalue weighted by Crippen LogP contribution is -2.41. The summed E-state index contributed by atoms with van der Waals surface area (Å²) in [6.45, 7) is 0. The molecule has 0 aliphatic carbocycles. The topological polar surface area (TPSA) is 157 Å². The van der Waals surface area contributed by atoms with Gasteiger partial charge in [-0.15, -0.1) is 0 Å². The Labute approximate surface area is 222 Å². The molecular formula is C27H22N5O6P. The van der Waals surface area contributed by atoms with E-state index in [1.165, 1.54) is 6.21 Å². The van der Waals surface area contributed by atoms with Crippen LogP contribution in [0.5, 0.6) is 0 Å². The van der Waals surface area contributed by atoms with E-state index in [2.05, 4.69) is 15.8 Å². The SMILES string of the molecule is O=C(NC(/C=N/Nc1cc([N+](=O)[O-])cc([N+](=O)[O-])c1)P(=O)(c1ccccc1)c1ccccc1)c1ccccc1. The molecule has 0 saturated carbocycles. The van der Waals surface area contributed by atoms with Gasteiger partial charge in [-0.3, -0.25) is 30.4 Å². The van der Waals surface area contributed by atoms with E-state index in [0.717, 1.165) is 18.2 Å². The molecule has 4 rings (SSSR count). The van der Waals surface area contributed by atoms with Crippen LogP contribution < -0.4 is 21.4 Å². The summed E-state index contributed by atoms with van der Waals surface area (Å²) in [4.78, 5) is 34.1. The average Bonchev–Trinajstić information content (AvgIpc) is 2.97. The van der Waals surface area contributed by atoms with Crippen molar-refractivity contribution in [1.82, 2.24) is 5.32 Å². The summed E-state index contributed by atoms with van der Waals surface area (Å²) in [5.74, 6) is -1.65. The molecule has 0 aliphatic rings. The Kier molecular flexibility index (Phi) is 8.23. The summed E-state index contributed by atoms with van der Waals surface area (Å²) in [5.41, 5.74) is 1.84. The summed E-state index contributed by atoms with van der Waals surface area (Å²) < 4.78 is 14.9. The molecular weight excluding hydrogens is 521 g/mol. The highest BCUT2D eigenvalue weighted by Crippen LogP contribution is 2.47. The van der Waals surface area contributed by atoms with E-state index in [1.54, 1.807) is 91.0 Å². The number of benzene rings is 4. The highest BCUT2D eigenvalue weighted by molar-refractivity contribution is 7.80. The predicted molar refractivity (Wildman–Crippen MR) is 149 cm³/mol. The number of carbonyl (C=O) groups is 1. The highest BCUT2D eigenvalue weighted by Gasteiger charge is 2.37. The Hall–Kier alpha value is -5.15. The Bertz CT molecular complexity index is 1490. The number of hydrogen-bond donors (Lipinski definition) is 2. The van der Waals surface area contributed by atoms with E-state index in [0.29, 0.717) is 16.2 Å². The average molecular weight is 543 g/mol. The smallest absolute Gasteiger partial charge is 0.278 e. The Morgan fingerprint density at radius 2 is 1.23 bits per heavy atom. The van der Waals surface area contributed by atoms with Gasteiger partial charge in [-0.25, -0.2) is 0 Å². The number of nitro groups is 2. The lowest BCUT2D eigenvalue weighted by atomic mass is 10.2. The number of hydrogen-bond acceptors (Lipinski definition) is 8. The highest BCUT2D eigenvalue weighted by atomic mass is 31.2. The van der Waals surface area contributed by atoms with Crippen LogP contribution in [-0.4, -0.2) is 27.8 Å². The van der Waals surface area contributed by atoms with E-state index in [1.807, 2.05) is 0 Å². The van der Waals surface area contributed by atoms with Crippen molar-refractivity contribution in [3.63, 3.8) is 0 Å². The van der Waals surface area contributed by atoms with Crippen LogP contribution in [0.4, 0.5) is 17.1 Å². The van der Waals surface area contributed by atoms with Crippen molar-refractivity contribution >= 4 is 46.9 Å². The van der Waals surface area contributed by atoms with E-state index in [9.17, 15) is 29.6 Å². The van der Waals surface area contributed by atoms with E-state index in [4.69, 9.17) is 0 Å². The van der Waals surface area contributed by atoms with Crippen molar-refractivity contribution in [1.29, 1.82) is 0 Å². The Morgan fingerprint density at radius 1 is 0.769 bits per heavy atom. The zero-order chi connectivity index (χ0) is 27.8. The third kappa shape index (κ3) is 6.23. The van der Waals surface area contributed by atoms with Crippen LogP contribution >= 0.6 is 7.14 Å². The van der Waals surface area contributed by atoms with Gasteiger partial charge in [-0.2, -0.15) is 5.10 Å². The first-order chi connectivity index (χ1) is 18.8. The van der Waals surface area contributed by atoms with Crippen LogP contribution in [0, 0.1) is 20.2 Å². The second kappa shape index (κ2) is 11.9. The van der Waals surface area contributed by atoms with Crippen molar-refractivity contribution in [3.05, 3.63) is 135 Å². The molecule has 2 N–H and O–H groups in total. The molecule has 0 bridgehead atoms. The van der Waals surface area contributed by atoms with Gasteiger partial charge in [0.1, 0.15) is 5.78 Å². The number of nitrogens with one attached hydrogen (secondary N) is 2. The molecule has 1 amide bonds. The molecule has 1 atom stereocenters. The summed E-state index contributed by atoms with van der Waals surface area (Å²) in [5, 5.41) is 30.3. The van der Waals surface area contributed by atoms with Gasteiger partial charge in [0.25, 0.3) is 17.3 Å². The van der Waals surface area contributed by atoms with Crippen LogP contribution in [0.1, 0.15) is 10.4 Å². The lowest BCUT2D eigenvalue weighted by molar-refractivity contribution is -0.394. The van der Waals surface area contributed by atoms with Gasteiger partial charge in [-0.05, 0) is 12.1 Å². The van der Waals surface area contributed by atoms with E-state index >= 15 is 0 Å².